The Kier molecular flexibility index (Phi) is 8.79. The van der Waals surface area contributed by atoms with Crippen LogP contribution in [0.15, 0.2) is 64.6 Å². The monoisotopic (exact) mass is 542 g/mol. The minimum atomic E-state index is -0.160. The maximum atomic E-state index is 13.1. The van der Waals surface area contributed by atoms with Crippen LogP contribution in [0.25, 0.3) is 11.1 Å². The van der Waals surface area contributed by atoms with Crippen LogP contribution in [0, 0.1) is 6.92 Å². The van der Waals surface area contributed by atoms with Crippen molar-refractivity contribution in [2.75, 3.05) is 17.2 Å². The lowest BCUT2D eigenvalue weighted by atomic mass is 9.86. The molecule has 0 spiro atoms. The first-order valence-corrected chi connectivity index (χ1v) is 14.0. The van der Waals surface area contributed by atoms with Gasteiger partial charge in [-0.3, -0.25) is 9.59 Å². The summed E-state index contributed by atoms with van der Waals surface area (Å²) in [7, 11) is 1.74. The van der Waals surface area contributed by atoms with Crippen molar-refractivity contribution in [3.63, 3.8) is 0 Å². The van der Waals surface area contributed by atoms with E-state index in [2.05, 4.69) is 61.1 Å². The summed E-state index contributed by atoms with van der Waals surface area (Å²) in [6, 6.07) is 15.8. The second kappa shape index (κ2) is 12.1. The van der Waals surface area contributed by atoms with Gasteiger partial charge in [0.05, 0.1) is 6.04 Å². The zero-order valence-corrected chi connectivity index (χ0v) is 24.7. The molecule has 1 aliphatic rings. The van der Waals surface area contributed by atoms with E-state index in [1.54, 1.807) is 11.6 Å². The Balaban J connectivity index is 1.53. The number of anilines is 2. The number of carbonyl (C=O) groups excluding carboxylic acids is 1. The van der Waals surface area contributed by atoms with Crippen molar-refractivity contribution in [2.24, 2.45) is 12.1 Å². The number of rotatable bonds is 8. The first kappa shape index (κ1) is 29.1. The van der Waals surface area contributed by atoms with Crippen molar-refractivity contribution in [3.8, 4) is 11.1 Å². The molecule has 4 rings (SSSR count). The molecule has 212 valence electrons. The van der Waals surface area contributed by atoms with Gasteiger partial charge in [0.1, 0.15) is 11.5 Å². The summed E-state index contributed by atoms with van der Waals surface area (Å²) in [5.74, 6) is 0.576. The van der Waals surface area contributed by atoms with Crippen molar-refractivity contribution in [2.45, 2.75) is 71.9 Å². The number of aromatic nitrogens is 1. The molecule has 2 atom stereocenters. The molecule has 1 unspecified atom stereocenters. The molecule has 40 heavy (non-hydrogen) atoms. The average molecular weight is 543 g/mol. The van der Waals surface area contributed by atoms with Crippen molar-refractivity contribution < 1.29 is 4.79 Å². The Morgan fingerprint density at radius 1 is 1.15 bits per heavy atom. The van der Waals surface area contributed by atoms with E-state index in [1.165, 1.54) is 5.56 Å². The number of nitrogens with zero attached hydrogens (tertiary/aromatic N) is 2. The maximum Gasteiger partial charge on any atom is 0.274 e. The van der Waals surface area contributed by atoms with Crippen LogP contribution in [-0.4, -0.2) is 34.9 Å². The number of pyridine rings is 1. The number of benzene rings is 2. The van der Waals surface area contributed by atoms with Gasteiger partial charge in [0.15, 0.2) is 0 Å². The lowest BCUT2D eigenvalue weighted by Crippen LogP contribution is -2.43. The highest BCUT2D eigenvalue weighted by Gasteiger charge is 2.24. The van der Waals surface area contributed by atoms with Gasteiger partial charge >= 0.3 is 0 Å². The molecule has 3 aromatic rings. The van der Waals surface area contributed by atoms with Gasteiger partial charge in [-0.2, -0.15) is 5.10 Å². The molecule has 8 nitrogen and oxygen atoms in total. The van der Waals surface area contributed by atoms with E-state index in [4.69, 9.17) is 0 Å². The largest absolute Gasteiger partial charge is 0.338 e. The van der Waals surface area contributed by atoms with E-state index in [9.17, 15) is 9.59 Å². The minimum Gasteiger partial charge on any atom is -0.338 e. The van der Waals surface area contributed by atoms with Crippen LogP contribution in [0.5, 0.6) is 0 Å². The number of aryl methyl sites for hydroxylation is 1. The van der Waals surface area contributed by atoms with Gasteiger partial charge in [0.2, 0.25) is 0 Å². The quantitative estimate of drug-likeness (QED) is 0.306. The highest BCUT2D eigenvalue weighted by molar-refractivity contribution is 6.05. The molecule has 2 heterocycles. The van der Waals surface area contributed by atoms with Crippen LogP contribution in [0.2, 0.25) is 0 Å². The molecular formula is C32H42N6O2. The Bertz CT molecular complexity index is 1450. The molecule has 0 saturated heterocycles. The number of hydrogen-bond acceptors (Lipinski definition) is 6. The summed E-state index contributed by atoms with van der Waals surface area (Å²) in [5.41, 5.74) is 8.78. The fourth-order valence-electron chi connectivity index (χ4n) is 4.85. The summed E-state index contributed by atoms with van der Waals surface area (Å²) in [6.07, 6.45) is 3.59. The average Bonchev–Trinajstić information content (AvgIpc) is 3.39. The third kappa shape index (κ3) is 6.62. The van der Waals surface area contributed by atoms with E-state index in [-0.39, 0.29) is 29.0 Å². The Labute approximate surface area is 237 Å². The highest BCUT2D eigenvalue weighted by atomic mass is 16.1. The third-order valence-electron chi connectivity index (χ3n) is 7.47. The first-order chi connectivity index (χ1) is 19.0. The summed E-state index contributed by atoms with van der Waals surface area (Å²) in [5, 5.41) is 14.3. The zero-order chi connectivity index (χ0) is 29.0. The second-order valence-corrected chi connectivity index (χ2v) is 11.7. The van der Waals surface area contributed by atoms with Crippen LogP contribution >= 0.6 is 0 Å². The topological polar surface area (TPSA) is 99.5 Å². The second-order valence-electron chi connectivity index (χ2n) is 11.7. The molecule has 8 heteroatoms. The molecule has 0 bridgehead atoms. The van der Waals surface area contributed by atoms with Crippen LogP contribution in [0.4, 0.5) is 11.4 Å². The van der Waals surface area contributed by atoms with Crippen molar-refractivity contribution in [3.05, 3.63) is 81.8 Å². The van der Waals surface area contributed by atoms with Gasteiger partial charge in [0, 0.05) is 42.5 Å². The summed E-state index contributed by atoms with van der Waals surface area (Å²) < 4.78 is 1.57. The van der Waals surface area contributed by atoms with E-state index >= 15 is 0 Å². The Hall–Kier alpha value is -3.91. The fourth-order valence-corrected chi connectivity index (χ4v) is 4.85. The smallest absolute Gasteiger partial charge is 0.274 e. The van der Waals surface area contributed by atoms with E-state index < -0.39 is 0 Å². The van der Waals surface area contributed by atoms with Gasteiger partial charge in [-0.25, -0.2) is 0 Å². The predicted octanol–water partition coefficient (Wildman–Crippen LogP) is 5.39. The number of hydrogen-bond donors (Lipinski definition) is 4. The summed E-state index contributed by atoms with van der Waals surface area (Å²) in [6.45, 7) is 13.7. The van der Waals surface area contributed by atoms with Crippen LogP contribution in [0.3, 0.4) is 0 Å². The Morgan fingerprint density at radius 3 is 2.55 bits per heavy atom. The lowest BCUT2D eigenvalue weighted by Gasteiger charge is -2.20. The lowest BCUT2D eigenvalue weighted by molar-refractivity contribution is 0.102. The number of nitrogens with one attached hydrogen (secondary N) is 4. The zero-order valence-electron chi connectivity index (χ0n) is 24.7. The highest BCUT2D eigenvalue weighted by Crippen LogP contribution is 2.30. The number of amides is 1. The molecule has 0 saturated carbocycles. The molecule has 1 aliphatic heterocycles. The Morgan fingerprint density at radius 2 is 1.88 bits per heavy atom. The van der Waals surface area contributed by atoms with Gasteiger partial charge in [-0.15, -0.1) is 0 Å². The molecule has 0 aliphatic carbocycles. The first-order valence-electron chi connectivity index (χ1n) is 14.0. The van der Waals surface area contributed by atoms with Gasteiger partial charge in [-0.1, -0.05) is 52.0 Å². The molecule has 0 radical (unpaired) electrons. The molecule has 1 amide bonds. The minimum absolute atomic E-state index is 0.0241. The maximum absolute atomic E-state index is 13.1. The normalized spacial score (nSPS) is 15.8. The molecule has 4 N–H and O–H groups in total. The van der Waals surface area contributed by atoms with Crippen molar-refractivity contribution >= 4 is 23.1 Å². The van der Waals surface area contributed by atoms with Gasteiger partial charge in [0.25, 0.3) is 11.5 Å². The van der Waals surface area contributed by atoms with Crippen LogP contribution < -0.4 is 26.9 Å². The third-order valence-corrected chi connectivity index (χ3v) is 7.47. The van der Waals surface area contributed by atoms with Gasteiger partial charge in [-0.05, 0) is 73.2 Å². The van der Waals surface area contributed by atoms with Gasteiger partial charge < -0.3 is 25.9 Å². The van der Waals surface area contributed by atoms with E-state index in [0.29, 0.717) is 17.7 Å². The standard InChI is InChI=1S/C32H42N6O2/c1-8-16-33-21(3)27-18-29(37-36-27)34-28-17-23(19-38(7)31(28)40)25-10-9-11-26(20(25)2)35-30(39)22-12-14-24(15-13-22)32(4,5)6/h9-15,17,19,21,27,33,36H,8,16,18H2,1-7H3,(H,34,37)(H,35,39)/t21-,27?/m1/s1. The van der Waals surface area contributed by atoms with E-state index in [1.807, 2.05) is 61.7 Å². The fraction of sp³-hybridized carbons (Fsp3) is 0.406. The van der Waals surface area contributed by atoms with E-state index in [0.717, 1.165) is 41.2 Å². The van der Waals surface area contributed by atoms with Crippen molar-refractivity contribution in [1.29, 1.82) is 0 Å². The molecule has 0 fully saturated rings. The summed E-state index contributed by atoms with van der Waals surface area (Å²) >= 11 is 0. The molecule has 1 aromatic heterocycles. The number of carbonyl (C=O) groups is 1. The van der Waals surface area contributed by atoms with Crippen molar-refractivity contribution in [1.82, 2.24) is 15.3 Å². The predicted molar refractivity (Wildman–Crippen MR) is 165 cm³/mol. The molecule has 2 aromatic carbocycles. The number of hydrazone groups is 1. The molecular weight excluding hydrogens is 500 g/mol. The van der Waals surface area contributed by atoms with Crippen LogP contribution in [0.1, 0.15) is 68.9 Å². The SMILES string of the molecule is CCCN[C@H](C)C1CC(Nc2cc(-c3cccc(NC(=O)c4ccc(C(C)(C)C)cc4)c3C)cn(C)c2=O)=NN1. The summed E-state index contributed by atoms with van der Waals surface area (Å²) in [4.78, 5) is 26.1. The number of amidine groups is 1. The van der Waals surface area contributed by atoms with Crippen LogP contribution in [-0.2, 0) is 12.5 Å².